The largest absolute Gasteiger partial charge is 0.289 e. The van der Waals surface area contributed by atoms with Crippen molar-refractivity contribution in [2.45, 2.75) is 234 Å². The minimum Gasteiger partial charge on any atom is -0.289 e. The van der Waals surface area contributed by atoms with Crippen LogP contribution in [0.4, 0.5) is 0 Å². The predicted molar refractivity (Wildman–Crippen MR) is 374 cm³/mol. The molecule has 0 fully saturated rings. The van der Waals surface area contributed by atoms with Crippen LogP contribution >= 0.6 is 68.0 Å². The van der Waals surface area contributed by atoms with Gasteiger partial charge in [0.05, 0.1) is 0 Å². The third-order valence-corrected chi connectivity index (χ3v) is 25.1. The van der Waals surface area contributed by atoms with Gasteiger partial charge in [0, 0.05) is 79.7 Å². The number of hydrogen-bond acceptors (Lipinski definition) is 8. The van der Waals surface area contributed by atoms with E-state index < -0.39 is 0 Å². The van der Waals surface area contributed by atoms with Gasteiger partial charge in [-0.15, -0.1) is 68.0 Å². The van der Waals surface area contributed by atoms with Crippen molar-refractivity contribution < 1.29 is 0 Å². The fraction of sp³-hybridized carbons (Fsp3) is 0.514. The molecule has 2 unspecified atom stereocenters. The van der Waals surface area contributed by atoms with Crippen LogP contribution in [0.1, 0.15) is 228 Å². The summed E-state index contributed by atoms with van der Waals surface area (Å²) in [6.07, 6.45) is 38.1. The highest BCUT2D eigenvalue weighted by atomic mass is 32.1. The van der Waals surface area contributed by atoms with E-state index in [0.29, 0.717) is 11.8 Å². The van der Waals surface area contributed by atoms with Gasteiger partial charge in [-0.1, -0.05) is 207 Å². The smallest absolute Gasteiger partial charge is 0.195 e. The van der Waals surface area contributed by atoms with Gasteiger partial charge in [-0.25, -0.2) is 0 Å². The van der Waals surface area contributed by atoms with Gasteiger partial charge >= 0.3 is 0 Å². The molecule has 0 bridgehead atoms. The molecular formula is C74H92O2S6. The molecule has 82 heavy (non-hydrogen) atoms. The molecule has 2 atom stereocenters. The van der Waals surface area contributed by atoms with E-state index in [4.69, 9.17) is 0 Å². The van der Waals surface area contributed by atoms with Gasteiger partial charge < -0.3 is 0 Å². The average Bonchev–Trinajstić information content (AvgIpc) is 4.55. The van der Waals surface area contributed by atoms with Crippen LogP contribution in [-0.4, -0.2) is 0 Å². The van der Waals surface area contributed by atoms with Crippen LogP contribution in [0.5, 0.6) is 0 Å². The van der Waals surface area contributed by atoms with Crippen LogP contribution in [0.2, 0.25) is 0 Å². The van der Waals surface area contributed by atoms with Crippen molar-refractivity contribution in [3.05, 3.63) is 114 Å². The van der Waals surface area contributed by atoms with Gasteiger partial charge in [0.1, 0.15) is 0 Å². The van der Waals surface area contributed by atoms with Gasteiger partial charge in [-0.3, -0.25) is 9.59 Å². The minimum atomic E-state index is 0.173. The Morgan fingerprint density at radius 2 is 0.646 bits per heavy atom. The van der Waals surface area contributed by atoms with E-state index in [9.17, 15) is 0 Å². The summed E-state index contributed by atoms with van der Waals surface area (Å²) in [6.45, 7) is 13.6. The Kier molecular flexibility index (Phi) is 22.5. The number of fused-ring (bicyclic) bond motifs is 5. The first-order valence-electron chi connectivity index (χ1n) is 32.5. The summed E-state index contributed by atoms with van der Waals surface area (Å²) in [7, 11) is 0. The van der Waals surface area contributed by atoms with Crippen LogP contribution in [0.15, 0.2) is 82.4 Å². The van der Waals surface area contributed by atoms with Crippen molar-refractivity contribution in [2.75, 3.05) is 0 Å². The monoisotopic (exact) mass is 1200 g/mol. The summed E-state index contributed by atoms with van der Waals surface area (Å²) >= 11 is 11.0. The number of hydrogen-bond donors (Lipinski definition) is 0. The number of aryl methyl sites for hydroxylation is 2. The number of rotatable bonds is 36. The highest BCUT2D eigenvalue weighted by Gasteiger charge is 2.26. The molecule has 6 heterocycles. The number of thiophene rings is 6. The molecule has 0 saturated heterocycles. The van der Waals surface area contributed by atoms with Crippen LogP contribution in [0.3, 0.4) is 0 Å². The summed E-state index contributed by atoms with van der Waals surface area (Å²) in [4.78, 5) is 41.1. The molecule has 0 radical (unpaired) electrons. The topological polar surface area (TPSA) is 34.1 Å². The average molecular weight is 1210 g/mol. The van der Waals surface area contributed by atoms with Crippen LogP contribution < -0.4 is 10.9 Å². The Morgan fingerprint density at radius 1 is 0.305 bits per heavy atom. The molecule has 10 aromatic rings. The lowest BCUT2D eigenvalue weighted by Gasteiger charge is -2.22. The van der Waals surface area contributed by atoms with E-state index >= 15 is 9.59 Å². The van der Waals surface area contributed by atoms with Crippen LogP contribution in [-0.2, 0) is 12.8 Å². The molecule has 4 aromatic carbocycles. The van der Waals surface area contributed by atoms with E-state index in [1.54, 1.807) is 22.7 Å². The van der Waals surface area contributed by atoms with Crippen molar-refractivity contribution in [3.8, 4) is 40.4 Å². The van der Waals surface area contributed by atoms with Crippen molar-refractivity contribution in [1.29, 1.82) is 0 Å². The summed E-state index contributed by atoms with van der Waals surface area (Å²) in [5.41, 5.74) is 4.71. The second-order valence-electron chi connectivity index (χ2n) is 24.6. The van der Waals surface area contributed by atoms with Gasteiger partial charge in [0.15, 0.2) is 10.9 Å². The normalized spacial score (nSPS) is 13.0. The summed E-state index contributed by atoms with van der Waals surface area (Å²) < 4.78 is 5.06. The molecule has 0 spiro atoms. The van der Waals surface area contributed by atoms with Gasteiger partial charge in [0.2, 0.25) is 0 Å². The van der Waals surface area contributed by atoms with Crippen LogP contribution in [0, 0.1) is 25.7 Å². The Labute approximate surface area is 515 Å². The summed E-state index contributed by atoms with van der Waals surface area (Å²) in [5.74, 6) is 1.04. The molecule has 0 aliphatic carbocycles. The lowest BCUT2D eigenvalue weighted by Crippen LogP contribution is -2.09. The van der Waals surface area contributed by atoms with E-state index in [1.165, 1.54) is 250 Å². The van der Waals surface area contributed by atoms with Gasteiger partial charge in [0.25, 0.3) is 0 Å². The molecular weight excluding hydrogens is 1110 g/mol. The molecule has 0 amide bonds. The maximum atomic E-state index is 15.6. The number of benzene rings is 2. The summed E-state index contributed by atoms with van der Waals surface area (Å²) in [6, 6.07) is 27.6. The van der Waals surface area contributed by atoms with Crippen molar-refractivity contribution in [2.24, 2.45) is 11.8 Å². The quantitative estimate of drug-likeness (QED) is 0.0367. The SMILES string of the molecule is CCCCCCCCCCC(CCCCCC)Cc1c2cc3c(=O)c(-c4cc5sc(-c6ccc(-c7ccc(C)s7)s6)cc5s4)cc3c(CC(CCCCCC)CCCCCCCCCC)c2cc2c(=O)c(-c3cc4sc(C)cc4s3)cc12. The van der Waals surface area contributed by atoms with Gasteiger partial charge in [-0.05, 0) is 144 Å². The maximum Gasteiger partial charge on any atom is 0.195 e. The zero-order chi connectivity index (χ0) is 57.0. The maximum absolute atomic E-state index is 15.6. The first-order chi connectivity index (χ1) is 40.1. The minimum absolute atomic E-state index is 0.173. The highest BCUT2D eigenvalue weighted by molar-refractivity contribution is 7.33. The molecule has 0 aliphatic rings. The second-order valence-corrected chi connectivity index (χ2v) is 31.5. The third-order valence-electron chi connectivity index (χ3n) is 18.1. The summed E-state index contributed by atoms with van der Waals surface area (Å²) in [5, 5.41) is 6.50. The van der Waals surface area contributed by atoms with E-state index in [-0.39, 0.29) is 10.9 Å². The molecule has 8 heteroatoms. The van der Waals surface area contributed by atoms with Crippen molar-refractivity contribution >= 4 is 119 Å². The van der Waals surface area contributed by atoms with Crippen molar-refractivity contribution in [1.82, 2.24) is 0 Å². The Hall–Kier alpha value is -3.76. The zero-order valence-corrected chi connectivity index (χ0v) is 55.5. The molecule has 2 nitrogen and oxygen atoms in total. The lowest BCUT2D eigenvalue weighted by molar-refractivity contribution is 0.403. The Bertz CT molecular complexity index is 3660. The van der Waals surface area contributed by atoms with E-state index in [0.717, 1.165) is 55.3 Å². The van der Waals surface area contributed by atoms with E-state index in [2.05, 4.69) is 114 Å². The predicted octanol–water partition coefficient (Wildman–Crippen LogP) is 26.0. The second kappa shape index (κ2) is 30.0. The molecule has 0 aliphatic heterocycles. The Balaban J connectivity index is 1.09. The zero-order valence-electron chi connectivity index (χ0n) is 50.6. The first kappa shape index (κ1) is 61.3. The number of unbranched alkanes of at least 4 members (excludes halogenated alkanes) is 20. The van der Waals surface area contributed by atoms with Gasteiger partial charge in [-0.2, -0.15) is 0 Å². The molecule has 0 N–H and O–H groups in total. The van der Waals surface area contributed by atoms with E-state index in [1.807, 2.05) is 45.3 Å². The lowest BCUT2D eigenvalue weighted by atomic mass is 9.82. The first-order valence-corrected chi connectivity index (χ1v) is 37.4. The highest BCUT2D eigenvalue weighted by Crippen LogP contribution is 2.47. The molecule has 0 saturated carbocycles. The molecule has 6 aromatic heterocycles. The van der Waals surface area contributed by atoms with Crippen molar-refractivity contribution in [3.63, 3.8) is 0 Å². The Morgan fingerprint density at radius 3 is 1.07 bits per heavy atom. The molecule has 10 rings (SSSR count). The third kappa shape index (κ3) is 14.9. The fourth-order valence-electron chi connectivity index (χ4n) is 13.4. The molecule has 436 valence electrons. The van der Waals surface area contributed by atoms with Crippen LogP contribution in [0.25, 0.3) is 91.5 Å². The standard InChI is InChI=1S/C74H92O2S6/c1-7-11-15-19-21-23-25-29-33-51(31-27-17-13-9-3)40-53-56-43-60-58(45-62(74(60)76)67-47-71-72(81-67)48-69(82-71)65-38-37-64(79-65)63-36-35-49(5)77-63)54(41-52(32-28-18-14-10-4)34-30-26-24-22-20-16-12-8-2)55(56)42-59-57(53)44-61(73(59)75)66-46-70-68(80-66)39-50(6)78-70/h35-39,42-48,51-52H,7-34,40-41H2,1-6H3. The fourth-order valence-corrected chi connectivity index (χ4v) is 20.2.